The highest BCUT2D eigenvalue weighted by atomic mass is 16.5. The zero-order valence-electron chi connectivity index (χ0n) is 16.6. The first-order valence-electron chi connectivity index (χ1n) is 9.19. The molecule has 0 radical (unpaired) electrons. The van der Waals surface area contributed by atoms with Gasteiger partial charge in [0.1, 0.15) is 0 Å². The first kappa shape index (κ1) is 19.4. The van der Waals surface area contributed by atoms with Crippen molar-refractivity contribution in [2.75, 3.05) is 24.0 Å². The van der Waals surface area contributed by atoms with Crippen LogP contribution in [0.15, 0.2) is 53.6 Å². The molecule has 1 heterocycles. The molecule has 2 aromatic rings. The van der Waals surface area contributed by atoms with Gasteiger partial charge in [0.05, 0.1) is 30.1 Å². The molecule has 6 heteroatoms. The average molecular weight is 376 g/mol. The Morgan fingerprint density at radius 3 is 2.71 bits per heavy atom. The number of hydrazone groups is 1. The van der Waals surface area contributed by atoms with Gasteiger partial charge in [-0.15, -0.1) is 0 Å². The molecule has 0 spiro atoms. The lowest BCUT2D eigenvalue weighted by atomic mass is 9.71. The van der Waals surface area contributed by atoms with Crippen LogP contribution in [0.1, 0.15) is 36.7 Å². The van der Waals surface area contributed by atoms with Gasteiger partial charge < -0.3 is 9.64 Å². The van der Waals surface area contributed by atoms with Crippen molar-refractivity contribution < 1.29 is 9.53 Å². The standard InChI is InChI=1S/C22H24N4O2/c1-5-28-20(27)16-9-8-10-17(13-16)25-24-15-22(14-23)21(2,3)18-11-6-7-12-19(18)26(22)4/h6-13,15,25H,5H2,1-4H3. The lowest BCUT2D eigenvalue weighted by molar-refractivity contribution is 0.0526. The third-order valence-electron chi connectivity index (χ3n) is 5.41. The van der Waals surface area contributed by atoms with Crippen molar-refractivity contribution in [3.05, 3.63) is 59.7 Å². The Morgan fingerprint density at radius 2 is 2.04 bits per heavy atom. The summed E-state index contributed by atoms with van der Waals surface area (Å²) >= 11 is 0. The van der Waals surface area contributed by atoms with Crippen molar-refractivity contribution in [2.24, 2.45) is 5.10 Å². The summed E-state index contributed by atoms with van der Waals surface area (Å²) in [6.45, 7) is 6.18. The predicted octanol–water partition coefficient (Wildman–Crippen LogP) is 3.95. The molecule has 2 aromatic carbocycles. The van der Waals surface area contributed by atoms with E-state index in [1.807, 2.05) is 44.0 Å². The summed E-state index contributed by atoms with van der Waals surface area (Å²) in [7, 11) is 1.91. The van der Waals surface area contributed by atoms with Crippen LogP contribution in [0.4, 0.5) is 11.4 Å². The predicted molar refractivity (Wildman–Crippen MR) is 111 cm³/mol. The van der Waals surface area contributed by atoms with Crippen molar-refractivity contribution in [1.29, 1.82) is 5.26 Å². The number of anilines is 2. The molecule has 0 bridgehead atoms. The lowest BCUT2D eigenvalue weighted by Gasteiger charge is -2.37. The van der Waals surface area contributed by atoms with Crippen LogP contribution in [-0.2, 0) is 10.2 Å². The van der Waals surface area contributed by atoms with E-state index in [0.717, 1.165) is 11.3 Å². The maximum absolute atomic E-state index is 11.9. The fraction of sp³-hybridized carbons (Fsp3) is 0.318. The van der Waals surface area contributed by atoms with Crippen LogP contribution >= 0.6 is 0 Å². The summed E-state index contributed by atoms with van der Waals surface area (Å²) in [6, 6.07) is 17.4. The maximum atomic E-state index is 11.9. The normalized spacial score (nSPS) is 19.9. The van der Waals surface area contributed by atoms with Gasteiger partial charge in [-0.25, -0.2) is 4.79 Å². The second-order valence-electron chi connectivity index (χ2n) is 7.25. The van der Waals surface area contributed by atoms with Crippen molar-refractivity contribution in [3.63, 3.8) is 0 Å². The molecule has 1 N–H and O–H groups in total. The summed E-state index contributed by atoms with van der Waals surface area (Å²) in [5.41, 5.74) is 4.76. The number of esters is 1. The van der Waals surface area contributed by atoms with E-state index in [-0.39, 0.29) is 5.97 Å². The number of hydrogen-bond acceptors (Lipinski definition) is 6. The lowest BCUT2D eigenvalue weighted by Crippen LogP contribution is -2.54. The van der Waals surface area contributed by atoms with Gasteiger partial charge in [0.15, 0.2) is 5.54 Å². The van der Waals surface area contributed by atoms with Gasteiger partial charge in [-0.05, 0) is 36.8 Å². The number of hydrogen-bond donors (Lipinski definition) is 1. The van der Waals surface area contributed by atoms with Gasteiger partial charge in [0.25, 0.3) is 0 Å². The highest BCUT2D eigenvalue weighted by molar-refractivity contribution is 5.91. The van der Waals surface area contributed by atoms with E-state index in [1.165, 1.54) is 0 Å². The van der Waals surface area contributed by atoms with E-state index < -0.39 is 11.0 Å². The molecule has 0 fully saturated rings. The van der Waals surface area contributed by atoms with E-state index >= 15 is 0 Å². The highest BCUT2D eigenvalue weighted by Gasteiger charge is 2.55. The largest absolute Gasteiger partial charge is 0.462 e. The Kier molecular flexibility index (Phi) is 5.10. The molecule has 6 nitrogen and oxygen atoms in total. The van der Waals surface area contributed by atoms with Gasteiger partial charge in [-0.2, -0.15) is 10.4 Å². The molecular weight excluding hydrogens is 352 g/mol. The second-order valence-corrected chi connectivity index (χ2v) is 7.25. The molecule has 0 aliphatic carbocycles. The molecule has 0 aromatic heterocycles. The number of carbonyl (C=O) groups excluding carboxylic acids is 1. The first-order chi connectivity index (χ1) is 13.4. The van der Waals surface area contributed by atoms with Crippen molar-refractivity contribution in [3.8, 4) is 6.07 Å². The molecule has 0 amide bonds. The number of likely N-dealkylation sites (N-methyl/N-ethyl adjacent to an activating group) is 1. The molecule has 28 heavy (non-hydrogen) atoms. The Hall–Kier alpha value is -3.33. The van der Waals surface area contributed by atoms with Crippen molar-refractivity contribution in [1.82, 2.24) is 0 Å². The molecule has 3 rings (SSSR count). The minimum absolute atomic E-state index is 0.321. The summed E-state index contributed by atoms with van der Waals surface area (Å²) in [5, 5.41) is 14.4. The summed E-state index contributed by atoms with van der Waals surface area (Å²) in [4.78, 5) is 13.9. The van der Waals surface area contributed by atoms with E-state index in [1.54, 1.807) is 37.4 Å². The quantitative estimate of drug-likeness (QED) is 0.486. The third kappa shape index (κ3) is 2.99. The SMILES string of the molecule is CCOC(=O)c1cccc(NN=CC2(C#N)N(C)c3ccccc3C2(C)C)c1. The fourth-order valence-corrected chi connectivity index (χ4v) is 3.73. The molecule has 1 unspecified atom stereocenters. The van der Waals surface area contributed by atoms with Crippen LogP contribution in [0.2, 0.25) is 0 Å². The number of nitriles is 1. The number of fused-ring (bicyclic) bond motifs is 1. The minimum atomic E-state index is -0.942. The smallest absolute Gasteiger partial charge is 0.338 e. The third-order valence-corrected chi connectivity index (χ3v) is 5.41. The number of ether oxygens (including phenoxy) is 1. The summed E-state index contributed by atoms with van der Waals surface area (Å²) in [5.74, 6) is -0.379. The van der Waals surface area contributed by atoms with E-state index in [2.05, 4.69) is 22.7 Å². The minimum Gasteiger partial charge on any atom is -0.462 e. The Labute approximate surface area is 165 Å². The second kappa shape index (κ2) is 7.35. The Bertz CT molecular complexity index is 961. The van der Waals surface area contributed by atoms with E-state index in [9.17, 15) is 10.1 Å². The fourth-order valence-electron chi connectivity index (χ4n) is 3.73. The monoisotopic (exact) mass is 376 g/mol. The van der Waals surface area contributed by atoms with Crippen LogP contribution in [-0.4, -0.2) is 31.4 Å². The molecule has 1 aliphatic heterocycles. The maximum Gasteiger partial charge on any atom is 0.338 e. The molecule has 0 saturated carbocycles. The average Bonchev–Trinajstić information content (AvgIpc) is 2.87. The molecule has 1 aliphatic rings. The number of nitrogens with one attached hydrogen (secondary N) is 1. The number of nitrogens with zero attached hydrogens (tertiary/aromatic N) is 3. The van der Waals surface area contributed by atoms with E-state index in [4.69, 9.17) is 4.74 Å². The van der Waals surface area contributed by atoms with Crippen LogP contribution in [0.5, 0.6) is 0 Å². The van der Waals surface area contributed by atoms with Crippen LogP contribution in [0.25, 0.3) is 0 Å². The Morgan fingerprint density at radius 1 is 1.29 bits per heavy atom. The van der Waals surface area contributed by atoms with Gasteiger partial charge in [0, 0.05) is 18.2 Å². The van der Waals surface area contributed by atoms with E-state index in [0.29, 0.717) is 17.9 Å². The molecule has 1 atom stereocenters. The zero-order valence-corrected chi connectivity index (χ0v) is 16.6. The number of carbonyl (C=O) groups is 1. The van der Waals surface area contributed by atoms with Crippen LogP contribution in [0, 0.1) is 11.3 Å². The van der Waals surface area contributed by atoms with Gasteiger partial charge in [-0.3, -0.25) is 5.43 Å². The van der Waals surface area contributed by atoms with Crippen molar-refractivity contribution >= 4 is 23.6 Å². The van der Waals surface area contributed by atoms with Gasteiger partial charge >= 0.3 is 5.97 Å². The number of rotatable bonds is 5. The molecule has 144 valence electrons. The van der Waals surface area contributed by atoms with Crippen LogP contribution < -0.4 is 10.3 Å². The van der Waals surface area contributed by atoms with Gasteiger partial charge in [0.2, 0.25) is 0 Å². The molecular formula is C22H24N4O2. The highest BCUT2D eigenvalue weighted by Crippen LogP contribution is 2.49. The summed E-state index contributed by atoms with van der Waals surface area (Å²) < 4.78 is 5.02. The number of para-hydroxylation sites is 1. The van der Waals surface area contributed by atoms with Crippen LogP contribution in [0.3, 0.4) is 0 Å². The topological polar surface area (TPSA) is 77.7 Å². The Balaban J connectivity index is 1.87. The zero-order chi connectivity index (χ0) is 20.4. The molecule has 0 saturated heterocycles. The van der Waals surface area contributed by atoms with Gasteiger partial charge in [-0.1, -0.05) is 38.1 Å². The summed E-state index contributed by atoms with van der Waals surface area (Å²) in [6.07, 6.45) is 1.64. The van der Waals surface area contributed by atoms with Crippen molar-refractivity contribution in [2.45, 2.75) is 31.7 Å². The first-order valence-corrected chi connectivity index (χ1v) is 9.19. The number of benzene rings is 2.